The number of aryl methyl sites for hydroxylation is 1. The molecule has 2 aromatic rings. The number of rotatable bonds is 3. The number of nitrogens with two attached hydrogens (primary N) is 1. The molecule has 2 N–H and O–H groups in total. The molecule has 0 bridgehead atoms. The topological polar surface area (TPSA) is 35.2 Å². The van der Waals surface area contributed by atoms with Gasteiger partial charge in [-0.05, 0) is 18.6 Å². The molecule has 0 aliphatic carbocycles. The van der Waals surface area contributed by atoms with E-state index in [0.717, 1.165) is 17.7 Å². The minimum Gasteiger partial charge on any atom is -0.497 e. The van der Waals surface area contributed by atoms with Crippen molar-refractivity contribution >= 4 is 15.9 Å². The van der Waals surface area contributed by atoms with Gasteiger partial charge in [0.25, 0.3) is 0 Å². The van der Waals surface area contributed by atoms with E-state index in [4.69, 9.17) is 10.5 Å². The highest BCUT2D eigenvalue weighted by Crippen LogP contribution is 2.32. The van der Waals surface area contributed by atoms with Crippen LogP contribution in [0.2, 0.25) is 0 Å². The van der Waals surface area contributed by atoms with Crippen molar-refractivity contribution in [3.8, 4) is 5.75 Å². The van der Waals surface area contributed by atoms with Gasteiger partial charge in [-0.15, -0.1) is 0 Å². The zero-order chi connectivity index (χ0) is 14.9. The molecule has 0 aliphatic heterocycles. The van der Waals surface area contributed by atoms with Crippen LogP contribution in [-0.4, -0.2) is 7.11 Å². The predicted molar refractivity (Wildman–Crippen MR) is 77.8 cm³/mol. The van der Waals surface area contributed by atoms with Crippen molar-refractivity contribution in [2.24, 2.45) is 5.73 Å². The summed E-state index contributed by atoms with van der Waals surface area (Å²) in [6.07, 6.45) is 0. The highest BCUT2D eigenvalue weighted by Gasteiger charge is 2.21. The first-order valence-corrected chi connectivity index (χ1v) is 6.78. The predicted octanol–water partition coefficient (Wildman–Crippen LogP) is 4.09. The quantitative estimate of drug-likeness (QED) is 0.912. The first-order chi connectivity index (χ1) is 9.43. The van der Waals surface area contributed by atoms with E-state index in [9.17, 15) is 8.78 Å². The lowest BCUT2D eigenvalue weighted by Gasteiger charge is -2.17. The SMILES string of the molecule is COc1cc(F)c(C(N)c2cc(C)ccc2Br)c(F)c1. The van der Waals surface area contributed by atoms with Gasteiger partial charge in [-0.25, -0.2) is 8.78 Å². The smallest absolute Gasteiger partial charge is 0.134 e. The molecule has 2 aromatic carbocycles. The van der Waals surface area contributed by atoms with E-state index in [1.807, 2.05) is 19.1 Å². The Balaban J connectivity index is 2.53. The third-order valence-corrected chi connectivity index (χ3v) is 3.81. The van der Waals surface area contributed by atoms with Gasteiger partial charge in [-0.2, -0.15) is 0 Å². The molecule has 5 heteroatoms. The van der Waals surface area contributed by atoms with E-state index in [2.05, 4.69) is 15.9 Å². The Morgan fingerprint density at radius 3 is 2.30 bits per heavy atom. The summed E-state index contributed by atoms with van der Waals surface area (Å²) in [4.78, 5) is 0. The van der Waals surface area contributed by atoms with Gasteiger partial charge in [-0.3, -0.25) is 0 Å². The van der Waals surface area contributed by atoms with Crippen LogP contribution in [0.1, 0.15) is 22.7 Å². The summed E-state index contributed by atoms with van der Waals surface area (Å²) in [6.45, 7) is 1.89. The van der Waals surface area contributed by atoms with Crippen molar-refractivity contribution in [3.05, 3.63) is 63.1 Å². The van der Waals surface area contributed by atoms with Crippen LogP contribution in [0.15, 0.2) is 34.8 Å². The maximum absolute atomic E-state index is 14.1. The van der Waals surface area contributed by atoms with Crippen LogP contribution in [0.3, 0.4) is 0 Å². The van der Waals surface area contributed by atoms with Gasteiger partial charge in [0.15, 0.2) is 0 Å². The normalized spacial score (nSPS) is 12.3. The van der Waals surface area contributed by atoms with Gasteiger partial charge in [0.05, 0.1) is 13.2 Å². The van der Waals surface area contributed by atoms with E-state index in [0.29, 0.717) is 10.0 Å². The molecule has 0 aromatic heterocycles. The second-order valence-corrected chi connectivity index (χ2v) is 5.36. The Morgan fingerprint density at radius 1 is 1.15 bits per heavy atom. The summed E-state index contributed by atoms with van der Waals surface area (Å²) in [5, 5.41) is 0. The summed E-state index contributed by atoms with van der Waals surface area (Å²) in [6, 6.07) is 6.86. The van der Waals surface area contributed by atoms with Crippen molar-refractivity contribution in [2.75, 3.05) is 7.11 Å². The lowest BCUT2D eigenvalue weighted by molar-refractivity contribution is 0.404. The molecule has 0 saturated carbocycles. The molecule has 1 unspecified atom stereocenters. The highest BCUT2D eigenvalue weighted by atomic mass is 79.9. The fourth-order valence-corrected chi connectivity index (χ4v) is 2.53. The third kappa shape index (κ3) is 2.83. The molecular formula is C15H14BrF2NO. The van der Waals surface area contributed by atoms with Gasteiger partial charge in [-0.1, -0.05) is 33.6 Å². The second-order valence-electron chi connectivity index (χ2n) is 4.51. The van der Waals surface area contributed by atoms with Crippen LogP contribution in [0, 0.1) is 18.6 Å². The van der Waals surface area contributed by atoms with Gasteiger partial charge >= 0.3 is 0 Å². The van der Waals surface area contributed by atoms with Crippen molar-refractivity contribution in [2.45, 2.75) is 13.0 Å². The Hall–Kier alpha value is -1.46. The van der Waals surface area contributed by atoms with E-state index >= 15 is 0 Å². The summed E-state index contributed by atoms with van der Waals surface area (Å²) < 4.78 is 33.6. The molecule has 0 fully saturated rings. The number of ether oxygens (including phenoxy) is 1. The summed E-state index contributed by atoms with van der Waals surface area (Å²) >= 11 is 3.36. The lowest BCUT2D eigenvalue weighted by Crippen LogP contribution is -2.16. The molecule has 106 valence electrons. The van der Waals surface area contributed by atoms with Crippen molar-refractivity contribution < 1.29 is 13.5 Å². The number of hydrogen-bond donors (Lipinski definition) is 1. The first kappa shape index (κ1) is 14.9. The monoisotopic (exact) mass is 341 g/mol. The lowest BCUT2D eigenvalue weighted by atomic mass is 9.97. The molecule has 0 amide bonds. The molecule has 0 radical (unpaired) electrons. The van der Waals surface area contributed by atoms with E-state index in [-0.39, 0.29) is 11.3 Å². The van der Waals surface area contributed by atoms with Crippen LogP contribution >= 0.6 is 15.9 Å². The molecule has 0 saturated heterocycles. The largest absolute Gasteiger partial charge is 0.497 e. The van der Waals surface area contributed by atoms with Crippen LogP contribution < -0.4 is 10.5 Å². The molecule has 20 heavy (non-hydrogen) atoms. The van der Waals surface area contributed by atoms with Crippen molar-refractivity contribution in [3.63, 3.8) is 0 Å². The van der Waals surface area contributed by atoms with Crippen molar-refractivity contribution in [1.82, 2.24) is 0 Å². The molecule has 0 heterocycles. The zero-order valence-corrected chi connectivity index (χ0v) is 12.7. The number of benzene rings is 2. The average Bonchev–Trinajstić information content (AvgIpc) is 2.40. The second kappa shape index (κ2) is 5.89. The standard InChI is InChI=1S/C15H14BrF2NO/c1-8-3-4-11(16)10(5-8)15(19)14-12(17)6-9(20-2)7-13(14)18/h3-7,15H,19H2,1-2H3. The fraction of sp³-hybridized carbons (Fsp3) is 0.200. The minimum atomic E-state index is -0.893. The van der Waals surface area contributed by atoms with E-state index < -0.39 is 17.7 Å². The van der Waals surface area contributed by atoms with Crippen LogP contribution in [0.5, 0.6) is 5.75 Å². The van der Waals surface area contributed by atoms with Gasteiger partial charge in [0.1, 0.15) is 17.4 Å². The summed E-state index contributed by atoms with van der Waals surface area (Å²) in [7, 11) is 1.35. The minimum absolute atomic E-state index is 0.124. The molecule has 0 aliphatic rings. The molecule has 0 spiro atoms. The molecule has 2 nitrogen and oxygen atoms in total. The number of methoxy groups -OCH3 is 1. The summed E-state index contributed by atoms with van der Waals surface area (Å²) in [5.74, 6) is -1.32. The molecule has 2 rings (SSSR count). The Kier molecular flexibility index (Phi) is 4.40. The summed E-state index contributed by atoms with van der Waals surface area (Å²) in [5.41, 5.74) is 7.46. The maximum Gasteiger partial charge on any atom is 0.134 e. The van der Waals surface area contributed by atoms with Crippen LogP contribution in [0.25, 0.3) is 0 Å². The Labute approximate surface area is 124 Å². The van der Waals surface area contributed by atoms with E-state index in [1.165, 1.54) is 7.11 Å². The number of hydrogen-bond acceptors (Lipinski definition) is 2. The van der Waals surface area contributed by atoms with Gasteiger partial charge < -0.3 is 10.5 Å². The van der Waals surface area contributed by atoms with Crippen molar-refractivity contribution in [1.29, 1.82) is 0 Å². The van der Waals surface area contributed by atoms with Crippen LogP contribution in [-0.2, 0) is 0 Å². The Morgan fingerprint density at radius 2 is 1.75 bits per heavy atom. The Bertz CT molecular complexity index is 623. The fourth-order valence-electron chi connectivity index (χ4n) is 2.03. The highest BCUT2D eigenvalue weighted by molar-refractivity contribution is 9.10. The average molecular weight is 342 g/mol. The zero-order valence-electron chi connectivity index (χ0n) is 11.1. The maximum atomic E-state index is 14.1. The third-order valence-electron chi connectivity index (χ3n) is 3.09. The van der Waals surface area contributed by atoms with Gasteiger partial charge in [0, 0.05) is 22.2 Å². The van der Waals surface area contributed by atoms with Gasteiger partial charge in [0.2, 0.25) is 0 Å². The van der Waals surface area contributed by atoms with Crippen LogP contribution in [0.4, 0.5) is 8.78 Å². The number of halogens is 3. The molecule has 1 atom stereocenters. The van der Waals surface area contributed by atoms with E-state index in [1.54, 1.807) is 6.07 Å². The molecular weight excluding hydrogens is 328 g/mol. The first-order valence-electron chi connectivity index (χ1n) is 5.98.